The molecule has 120 valence electrons. The summed E-state index contributed by atoms with van der Waals surface area (Å²) in [5.41, 5.74) is 1.54. The van der Waals surface area contributed by atoms with Gasteiger partial charge in [-0.3, -0.25) is 4.79 Å². The fourth-order valence-corrected chi connectivity index (χ4v) is 1.99. The molecule has 0 aliphatic heterocycles. The van der Waals surface area contributed by atoms with Gasteiger partial charge in [0.25, 0.3) is 0 Å². The average Bonchev–Trinajstić information content (AvgIpc) is 3.29. The Labute approximate surface area is 130 Å². The Hall–Kier alpha value is -2.11. The normalized spacial score (nSPS) is 14.6. The molecule has 5 nitrogen and oxygen atoms in total. The van der Waals surface area contributed by atoms with Gasteiger partial charge in [0.05, 0.1) is 13.1 Å². The highest BCUT2D eigenvalue weighted by Crippen LogP contribution is 2.18. The van der Waals surface area contributed by atoms with Crippen molar-refractivity contribution in [1.82, 2.24) is 16.0 Å². The maximum atomic E-state index is 13.2. The lowest BCUT2D eigenvalue weighted by atomic mass is 10.1. The number of benzene rings is 1. The highest BCUT2D eigenvalue weighted by molar-refractivity contribution is 5.86. The predicted molar refractivity (Wildman–Crippen MR) is 85.1 cm³/mol. The lowest BCUT2D eigenvalue weighted by Crippen LogP contribution is -2.43. The standard InChI is InChI=1S/C16H23FN4O/c1-3-18-16(20-10-15(22)21-13-5-6-13)19-9-12-4-7-14(17)11(2)8-12/h4,7-8,13H,3,5-6,9-10H2,1-2H3,(H,21,22)(H2,18,19,20). The summed E-state index contributed by atoms with van der Waals surface area (Å²) in [4.78, 5) is 16.1. The molecule has 0 saturated heterocycles. The third-order valence-corrected chi connectivity index (χ3v) is 3.35. The monoisotopic (exact) mass is 306 g/mol. The van der Waals surface area contributed by atoms with Crippen LogP contribution in [0, 0.1) is 12.7 Å². The molecule has 0 atom stereocenters. The molecular weight excluding hydrogens is 283 g/mol. The van der Waals surface area contributed by atoms with Crippen molar-refractivity contribution in [3.05, 3.63) is 35.1 Å². The van der Waals surface area contributed by atoms with E-state index in [1.54, 1.807) is 19.1 Å². The number of hydrogen-bond acceptors (Lipinski definition) is 2. The van der Waals surface area contributed by atoms with Gasteiger partial charge in [0.1, 0.15) is 5.82 Å². The molecule has 0 unspecified atom stereocenters. The first kappa shape index (κ1) is 16.3. The van der Waals surface area contributed by atoms with Crippen LogP contribution in [0.15, 0.2) is 23.2 Å². The minimum Gasteiger partial charge on any atom is -0.357 e. The van der Waals surface area contributed by atoms with Crippen molar-refractivity contribution in [3.63, 3.8) is 0 Å². The number of rotatable bonds is 6. The second-order valence-corrected chi connectivity index (χ2v) is 5.47. The Kier molecular flexibility index (Phi) is 5.75. The molecular formula is C16H23FN4O. The number of guanidine groups is 1. The van der Waals surface area contributed by atoms with E-state index in [0.29, 0.717) is 30.7 Å². The van der Waals surface area contributed by atoms with Gasteiger partial charge < -0.3 is 16.0 Å². The number of amides is 1. The van der Waals surface area contributed by atoms with E-state index in [-0.39, 0.29) is 18.3 Å². The van der Waals surface area contributed by atoms with E-state index in [2.05, 4.69) is 20.9 Å². The van der Waals surface area contributed by atoms with Gasteiger partial charge in [-0.25, -0.2) is 9.38 Å². The van der Waals surface area contributed by atoms with Crippen LogP contribution in [0.1, 0.15) is 30.9 Å². The lowest BCUT2D eigenvalue weighted by Gasteiger charge is -2.11. The Balaban J connectivity index is 1.87. The summed E-state index contributed by atoms with van der Waals surface area (Å²) in [5, 5.41) is 9.00. The van der Waals surface area contributed by atoms with Gasteiger partial charge in [-0.2, -0.15) is 0 Å². The topological polar surface area (TPSA) is 65.5 Å². The highest BCUT2D eigenvalue weighted by Gasteiger charge is 2.22. The summed E-state index contributed by atoms with van der Waals surface area (Å²) < 4.78 is 13.2. The Morgan fingerprint density at radius 3 is 2.77 bits per heavy atom. The number of nitrogens with one attached hydrogen (secondary N) is 3. The summed E-state index contributed by atoms with van der Waals surface area (Å²) in [6.45, 7) is 5.03. The summed E-state index contributed by atoms with van der Waals surface area (Å²) in [7, 11) is 0. The molecule has 1 aliphatic rings. The Bertz CT molecular complexity index is 555. The second-order valence-electron chi connectivity index (χ2n) is 5.47. The van der Waals surface area contributed by atoms with E-state index in [9.17, 15) is 9.18 Å². The van der Waals surface area contributed by atoms with Gasteiger partial charge >= 0.3 is 0 Å². The molecule has 0 spiro atoms. The molecule has 1 aromatic rings. The van der Waals surface area contributed by atoms with Crippen molar-refractivity contribution < 1.29 is 9.18 Å². The van der Waals surface area contributed by atoms with Crippen LogP contribution in [0.3, 0.4) is 0 Å². The van der Waals surface area contributed by atoms with Crippen LogP contribution in [0.4, 0.5) is 4.39 Å². The van der Waals surface area contributed by atoms with Gasteiger partial charge in [0, 0.05) is 12.6 Å². The van der Waals surface area contributed by atoms with E-state index in [1.807, 2.05) is 6.92 Å². The van der Waals surface area contributed by atoms with Gasteiger partial charge in [-0.05, 0) is 43.9 Å². The Morgan fingerprint density at radius 1 is 1.36 bits per heavy atom. The van der Waals surface area contributed by atoms with Crippen LogP contribution in [0.2, 0.25) is 0 Å². The van der Waals surface area contributed by atoms with Crippen molar-refractivity contribution in [2.75, 3.05) is 13.1 Å². The molecule has 3 N–H and O–H groups in total. The van der Waals surface area contributed by atoms with E-state index in [4.69, 9.17) is 0 Å². The number of nitrogens with zero attached hydrogens (tertiary/aromatic N) is 1. The fourth-order valence-electron chi connectivity index (χ4n) is 1.99. The quantitative estimate of drug-likeness (QED) is 0.551. The molecule has 1 aliphatic carbocycles. The summed E-state index contributed by atoms with van der Waals surface area (Å²) in [5.74, 6) is 0.343. The highest BCUT2D eigenvalue weighted by atomic mass is 19.1. The zero-order valence-electron chi connectivity index (χ0n) is 13.1. The first-order chi connectivity index (χ1) is 10.6. The molecule has 22 heavy (non-hydrogen) atoms. The molecule has 0 bridgehead atoms. The van der Waals surface area contributed by atoms with E-state index in [1.165, 1.54) is 6.07 Å². The molecule has 1 fully saturated rings. The SMILES string of the molecule is CCNC(=NCc1ccc(F)c(C)c1)NCC(=O)NC1CC1. The molecule has 0 aromatic heterocycles. The van der Waals surface area contributed by atoms with Crippen LogP contribution in [-0.4, -0.2) is 31.0 Å². The number of halogens is 1. The predicted octanol–water partition coefficient (Wildman–Crippen LogP) is 1.47. The Morgan fingerprint density at radius 2 is 2.14 bits per heavy atom. The van der Waals surface area contributed by atoms with Crippen molar-refractivity contribution in [2.45, 2.75) is 39.3 Å². The van der Waals surface area contributed by atoms with Crippen molar-refractivity contribution >= 4 is 11.9 Å². The van der Waals surface area contributed by atoms with Crippen molar-refractivity contribution in [2.24, 2.45) is 4.99 Å². The zero-order chi connectivity index (χ0) is 15.9. The molecule has 2 rings (SSSR count). The third kappa shape index (κ3) is 5.35. The fraction of sp³-hybridized carbons (Fsp3) is 0.500. The summed E-state index contributed by atoms with van der Waals surface area (Å²) >= 11 is 0. The maximum Gasteiger partial charge on any atom is 0.239 e. The van der Waals surface area contributed by atoms with E-state index < -0.39 is 0 Å². The smallest absolute Gasteiger partial charge is 0.239 e. The third-order valence-electron chi connectivity index (χ3n) is 3.35. The second kappa shape index (κ2) is 7.77. The minimum atomic E-state index is -0.213. The number of aliphatic imine (C=N–C) groups is 1. The molecule has 0 heterocycles. The molecule has 6 heteroatoms. The van der Waals surface area contributed by atoms with Crippen molar-refractivity contribution in [3.8, 4) is 0 Å². The molecule has 1 saturated carbocycles. The van der Waals surface area contributed by atoms with Crippen LogP contribution in [0.5, 0.6) is 0 Å². The average molecular weight is 306 g/mol. The van der Waals surface area contributed by atoms with Crippen molar-refractivity contribution in [1.29, 1.82) is 0 Å². The van der Waals surface area contributed by atoms with Gasteiger partial charge in [0.15, 0.2) is 5.96 Å². The van der Waals surface area contributed by atoms with Gasteiger partial charge in [-0.1, -0.05) is 12.1 Å². The van der Waals surface area contributed by atoms with Crippen LogP contribution in [0.25, 0.3) is 0 Å². The first-order valence-corrected chi connectivity index (χ1v) is 7.65. The zero-order valence-corrected chi connectivity index (χ0v) is 13.1. The van der Waals surface area contributed by atoms with Crippen LogP contribution >= 0.6 is 0 Å². The van der Waals surface area contributed by atoms with Gasteiger partial charge in [0.2, 0.25) is 5.91 Å². The lowest BCUT2D eigenvalue weighted by molar-refractivity contribution is -0.120. The number of aryl methyl sites for hydroxylation is 1. The molecule has 1 aromatic carbocycles. The molecule has 1 amide bonds. The summed E-state index contributed by atoms with van der Waals surface area (Å²) in [6.07, 6.45) is 2.15. The number of carbonyl (C=O) groups is 1. The first-order valence-electron chi connectivity index (χ1n) is 7.65. The molecule has 0 radical (unpaired) electrons. The van der Waals surface area contributed by atoms with E-state index >= 15 is 0 Å². The van der Waals surface area contributed by atoms with Crippen LogP contribution in [-0.2, 0) is 11.3 Å². The van der Waals surface area contributed by atoms with Crippen LogP contribution < -0.4 is 16.0 Å². The number of hydrogen-bond donors (Lipinski definition) is 3. The maximum absolute atomic E-state index is 13.2. The summed E-state index contributed by atoms with van der Waals surface area (Å²) in [6, 6.07) is 5.30. The minimum absolute atomic E-state index is 0.0225. The van der Waals surface area contributed by atoms with E-state index in [0.717, 1.165) is 18.4 Å². The largest absolute Gasteiger partial charge is 0.357 e. The van der Waals surface area contributed by atoms with Gasteiger partial charge in [-0.15, -0.1) is 0 Å². The number of carbonyl (C=O) groups excluding carboxylic acids is 1.